The van der Waals surface area contributed by atoms with Crippen LogP contribution >= 0.6 is 11.8 Å². The second-order valence-electron chi connectivity index (χ2n) is 8.53. The van der Waals surface area contributed by atoms with Gasteiger partial charge in [-0.05, 0) is 60.2 Å². The van der Waals surface area contributed by atoms with Gasteiger partial charge in [0.2, 0.25) is 5.17 Å². The number of carbonyl (C=O) groups is 1. The summed E-state index contributed by atoms with van der Waals surface area (Å²) in [6.07, 6.45) is 1.61. The third-order valence-corrected chi connectivity index (χ3v) is 6.92. The normalized spacial score (nSPS) is 15.6. The first-order valence-electron chi connectivity index (χ1n) is 12.1. The van der Waals surface area contributed by atoms with Gasteiger partial charge in [-0.1, -0.05) is 36.4 Å². The highest BCUT2D eigenvalue weighted by atomic mass is 32.2. The number of amides is 1. The second kappa shape index (κ2) is 11.4. The van der Waals surface area contributed by atoms with Crippen LogP contribution in [0.15, 0.2) is 82.4 Å². The lowest BCUT2D eigenvalue weighted by molar-refractivity contribution is -0.114. The quantitative estimate of drug-likeness (QED) is 0.295. The van der Waals surface area contributed by atoms with Gasteiger partial charge in [0.15, 0.2) is 17.3 Å². The van der Waals surface area contributed by atoms with E-state index in [0.717, 1.165) is 11.1 Å². The first-order chi connectivity index (χ1) is 19.0. The molecule has 5 rings (SSSR count). The zero-order valence-corrected chi connectivity index (χ0v) is 22.5. The molecule has 0 atom stereocenters. The minimum absolute atomic E-state index is 0.0323. The van der Waals surface area contributed by atoms with Crippen LogP contribution in [0.5, 0.6) is 23.0 Å². The number of aliphatic imine (C=N–C) groups is 1. The molecule has 0 unspecified atom stereocenters. The van der Waals surface area contributed by atoms with Gasteiger partial charge < -0.3 is 18.9 Å². The topological polar surface area (TPSA) is 106 Å². The molecule has 9 nitrogen and oxygen atoms in total. The molecule has 0 bridgehead atoms. The van der Waals surface area contributed by atoms with Crippen molar-refractivity contribution in [3.05, 3.63) is 89.0 Å². The molecule has 0 radical (unpaired) electrons. The molecule has 0 aromatic heterocycles. The Bertz CT molecular complexity index is 1530. The summed E-state index contributed by atoms with van der Waals surface area (Å²) in [5.74, 6) is 1.89. The van der Waals surface area contributed by atoms with Crippen molar-refractivity contribution in [2.75, 3.05) is 27.4 Å². The highest BCUT2D eigenvalue weighted by Crippen LogP contribution is 2.33. The number of hydrogen-bond acceptors (Lipinski definition) is 8. The summed E-state index contributed by atoms with van der Waals surface area (Å²) in [7, 11) is 3.15. The van der Waals surface area contributed by atoms with Crippen LogP contribution in [0.3, 0.4) is 0 Å². The largest absolute Gasteiger partial charge is 0.497 e. The fourth-order valence-corrected chi connectivity index (χ4v) is 4.96. The summed E-state index contributed by atoms with van der Waals surface area (Å²) >= 11 is 1.28. The van der Waals surface area contributed by atoms with Crippen LogP contribution < -0.4 is 18.9 Å². The summed E-state index contributed by atoms with van der Waals surface area (Å²) in [6, 6.07) is 20.5. The first kappa shape index (κ1) is 26.1. The maximum atomic E-state index is 12.8. The van der Waals surface area contributed by atoms with Crippen LogP contribution in [-0.2, 0) is 4.79 Å². The van der Waals surface area contributed by atoms with Gasteiger partial charge in [-0.3, -0.25) is 10.2 Å². The first-order valence-corrected chi connectivity index (χ1v) is 12.9. The number of fused-ring (bicyclic) bond motifs is 1. The molecule has 10 heteroatoms. The van der Waals surface area contributed by atoms with Gasteiger partial charge in [0.05, 0.1) is 19.8 Å². The van der Waals surface area contributed by atoms with E-state index in [-0.39, 0.29) is 11.4 Å². The summed E-state index contributed by atoms with van der Waals surface area (Å²) in [6.45, 7) is 2.61. The molecule has 1 amide bonds. The van der Waals surface area contributed by atoms with Gasteiger partial charge in [-0.2, -0.15) is 15.1 Å². The maximum Gasteiger partial charge on any atom is 0.283 e. The van der Waals surface area contributed by atoms with Gasteiger partial charge >= 0.3 is 0 Å². The number of thioether (sulfide) groups is 1. The summed E-state index contributed by atoms with van der Waals surface area (Å²) in [5, 5.41) is 15.7. The number of amidine groups is 2. The van der Waals surface area contributed by atoms with Crippen LogP contribution in [0.2, 0.25) is 0 Å². The molecule has 0 saturated carbocycles. The van der Waals surface area contributed by atoms with Crippen molar-refractivity contribution in [1.29, 1.82) is 5.41 Å². The lowest BCUT2D eigenvalue weighted by Crippen LogP contribution is -2.35. The van der Waals surface area contributed by atoms with E-state index in [0.29, 0.717) is 52.0 Å². The monoisotopic (exact) mass is 542 g/mol. The molecule has 198 valence electrons. The predicted octanol–water partition coefficient (Wildman–Crippen LogP) is 5.14. The van der Waals surface area contributed by atoms with E-state index >= 15 is 0 Å². The molecule has 2 aliphatic rings. The molecule has 3 aromatic carbocycles. The van der Waals surface area contributed by atoms with Crippen molar-refractivity contribution >= 4 is 39.8 Å². The van der Waals surface area contributed by atoms with Crippen LogP contribution in [0.4, 0.5) is 0 Å². The molecule has 1 N–H and O–H groups in total. The van der Waals surface area contributed by atoms with Gasteiger partial charge in [-0.25, -0.2) is 0 Å². The number of hydrazone groups is 1. The fraction of sp³-hybridized carbons (Fsp3) is 0.172. The molecule has 0 aliphatic carbocycles. The zero-order chi connectivity index (χ0) is 27.4. The molecular weight excluding hydrogens is 516 g/mol. The maximum absolute atomic E-state index is 12.8. The summed E-state index contributed by atoms with van der Waals surface area (Å²) < 4.78 is 22.3. The van der Waals surface area contributed by atoms with Crippen LogP contribution in [0.1, 0.15) is 16.7 Å². The van der Waals surface area contributed by atoms with Crippen LogP contribution in [0, 0.1) is 12.3 Å². The summed E-state index contributed by atoms with van der Waals surface area (Å²) in [5.41, 5.74) is 2.80. The van der Waals surface area contributed by atoms with Crippen LogP contribution in [0.25, 0.3) is 6.08 Å². The van der Waals surface area contributed by atoms with Crippen molar-refractivity contribution in [1.82, 2.24) is 5.01 Å². The number of nitrogens with one attached hydrogen (secondary N) is 1. The molecule has 0 fully saturated rings. The lowest BCUT2D eigenvalue weighted by atomic mass is 10.1. The molecule has 0 saturated heterocycles. The molecule has 0 spiro atoms. The fourth-order valence-electron chi connectivity index (χ4n) is 3.98. The van der Waals surface area contributed by atoms with Gasteiger partial charge in [0, 0.05) is 11.6 Å². The Labute approximate surface area is 230 Å². The number of aryl methyl sites for hydroxylation is 1. The van der Waals surface area contributed by atoms with Crippen LogP contribution in [-0.4, -0.2) is 54.4 Å². The van der Waals surface area contributed by atoms with E-state index in [1.54, 1.807) is 44.6 Å². The van der Waals surface area contributed by atoms with E-state index < -0.39 is 5.91 Å². The highest BCUT2D eigenvalue weighted by molar-refractivity contribution is 8.27. The van der Waals surface area contributed by atoms with E-state index in [1.165, 1.54) is 16.8 Å². The molecule has 39 heavy (non-hydrogen) atoms. The van der Waals surface area contributed by atoms with Crippen molar-refractivity contribution in [2.24, 2.45) is 10.1 Å². The Kier molecular flexibility index (Phi) is 7.64. The van der Waals surface area contributed by atoms with Crippen molar-refractivity contribution in [3.63, 3.8) is 0 Å². The zero-order valence-electron chi connectivity index (χ0n) is 21.6. The number of ether oxygens (including phenoxy) is 4. The van der Waals surface area contributed by atoms with Gasteiger partial charge in [0.25, 0.3) is 5.91 Å². The Morgan fingerprint density at radius 1 is 0.923 bits per heavy atom. The number of methoxy groups -OCH3 is 2. The van der Waals surface area contributed by atoms with E-state index in [4.69, 9.17) is 24.4 Å². The lowest BCUT2D eigenvalue weighted by Gasteiger charge is -2.20. The number of nitrogens with zero attached hydrogens (tertiary/aromatic N) is 3. The predicted molar refractivity (Wildman–Crippen MR) is 152 cm³/mol. The third kappa shape index (κ3) is 5.65. The minimum atomic E-state index is -0.492. The van der Waals surface area contributed by atoms with Crippen molar-refractivity contribution < 1.29 is 23.7 Å². The van der Waals surface area contributed by atoms with E-state index in [9.17, 15) is 4.79 Å². The Morgan fingerprint density at radius 2 is 1.72 bits per heavy atom. The number of rotatable bonds is 9. The average molecular weight is 543 g/mol. The van der Waals surface area contributed by atoms with E-state index in [1.807, 2.05) is 49.4 Å². The van der Waals surface area contributed by atoms with Gasteiger partial charge in [0.1, 0.15) is 29.8 Å². The molecular formula is C29H26N4O5S. The number of carbonyl (C=O) groups excluding carboxylic acids is 1. The molecule has 2 aliphatic heterocycles. The van der Waals surface area contributed by atoms with E-state index in [2.05, 4.69) is 10.1 Å². The average Bonchev–Trinajstić information content (AvgIpc) is 3.38. The highest BCUT2D eigenvalue weighted by Gasteiger charge is 2.36. The SMILES string of the molecule is COc1cccc(OCCOc2ccc(/C=C3\C(=N)N4N=C(c5ccccc5C)SC4=NC3=O)cc2OC)c1. The van der Waals surface area contributed by atoms with Gasteiger partial charge in [-0.15, -0.1) is 0 Å². The number of hydrogen-bond donors (Lipinski definition) is 1. The van der Waals surface area contributed by atoms with Crippen molar-refractivity contribution in [3.8, 4) is 23.0 Å². The Hall–Kier alpha value is -4.57. The molecule has 2 heterocycles. The van der Waals surface area contributed by atoms with Crippen molar-refractivity contribution in [2.45, 2.75) is 6.92 Å². The molecule has 3 aromatic rings. The third-order valence-electron chi connectivity index (χ3n) is 5.98. The summed E-state index contributed by atoms with van der Waals surface area (Å²) in [4.78, 5) is 17.0. The second-order valence-corrected chi connectivity index (χ2v) is 9.48. The number of benzene rings is 3. The Balaban J connectivity index is 1.28. The Morgan fingerprint density at radius 3 is 2.51 bits per heavy atom. The minimum Gasteiger partial charge on any atom is -0.497 e. The standard InChI is InChI=1S/C29H26N4O5S/c1-18-7-4-5-10-22(18)28-32-33-26(30)23(27(34)31-29(33)39-28)15-19-11-12-24(25(16-19)36-3)38-14-13-37-21-9-6-8-20(17-21)35-2/h4-12,15-17,30H,13-14H2,1-3H3/b23-15+,30-26?. The smallest absolute Gasteiger partial charge is 0.283 e.